The predicted molar refractivity (Wildman–Crippen MR) is 76.2 cm³/mol. The number of thioether (sulfide) groups is 1. The number of aliphatic carboxylic acids is 1. The van der Waals surface area contributed by atoms with Gasteiger partial charge in [0.05, 0.1) is 12.2 Å². The van der Waals surface area contributed by atoms with Gasteiger partial charge < -0.3 is 10.4 Å². The van der Waals surface area contributed by atoms with Crippen molar-refractivity contribution < 1.29 is 19.1 Å². The molecule has 1 aromatic rings. The van der Waals surface area contributed by atoms with Crippen molar-refractivity contribution in [2.75, 3.05) is 5.75 Å². The van der Waals surface area contributed by atoms with E-state index in [0.29, 0.717) is 6.42 Å². The van der Waals surface area contributed by atoms with Crippen LogP contribution in [0.25, 0.3) is 0 Å². The Kier molecular flexibility index (Phi) is 7.08. The lowest BCUT2D eigenvalue weighted by Crippen LogP contribution is -2.37. The first-order valence-electron chi connectivity index (χ1n) is 6.40. The second-order valence-electron chi connectivity index (χ2n) is 4.39. The maximum Gasteiger partial charge on any atom is 0.305 e. The molecule has 110 valence electrons. The van der Waals surface area contributed by atoms with Crippen LogP contribution in [0.3, 0.4) is 0 Å². The van der Waals surface area contributed by atoms with E-state index in [1.54, 1.807) is 12.1 Å². The van der Waals surface area contributed by atoms with Gasteiger partial charge in [0, 0.05) is 10.9 Å². The molecule has 20 heavy (non-hydrogen) atoms. The van der Waals surface area contributed by atoms with Crippen LogP contribution in [-0.4, -0.2) is 28.8 Å². The van der Waals surface area contributed by atoms with Gasteiger partial charge >= 0.3 is 5.97 Å². The molecular weight excluding hydrogens is 281 g/mol. The second-order valence-corrected chi connectivity index (χ2v) is 5.44. The molecule has 0 bridgehead atoms. The predicted octanol–water partition coefficient (Wildman–Crippen LogP) is 2.68. The van der Waals surface area contributed by atoms with Crippen molar-refractivity contribution in [2.24, 2.45) is 0 Å². The first kappa shape index (κ1) is 16.5. The Hall–Kier alpha value is -1.56. The lowest BCUT2D eigenvalue weighted by molar-refractivity contribution is -0.137. The largest absolute Gasteiger partial charge is 0.481 e. The number of carbonyl (C=O) groups is 2. The number of hydrogen-bond donors (Lipinski definition) is 2. The standard InChI is InChI=1S/C14H18FNO3S/c1-2-3-11(8-14(18)19)16-13(17)9-20-12-6-4-10(15)5-7-12/h4-7,11H,2-3,8-9H2,1H3,(H,16,17)(H,18,19). The number of carbonyl (C=O) groups excluding carboxylic acids is 1. The van der Waals surface area contributed by atoms with E-state index in [0.717, 1.165) is 11.3 Å². The molecule has 0 fully saturated rings. The Morgan fingerprint density at radius 1 is 1.35 bits per heavy atom. The quantitative estimate of drug-likeness (QED) is 0.724. The van der Waals surface area contributed by atoms with Crippen LogP contribution in [-0.2, 0) is 9.59 Å². The molecule has 0 radical (unpaired) electrons. The summed E-state index contributed by atoms with van der Waals surface area (Å²) in [5.74, 6) is -1.26. The number of carboxylic acid groups (broad SMARTS) is 1. The SMILES string of the molecule is CCCC(CC(=O)O)NC(=O)CSc1ccc(F)cc1. The van der Waals surface area contributed by atoms with Gasteiger partial charge in [0.2, 0.25) is 5.91 Å². The lowest BCUT2D eigenvalue weighted by Gasteiger charge is -2.15. The summed E-state index contributed by atoms with van der Waals surface area (Å²) < 4.78 is 12.7. The molecule has 1 atom stereocenters. The van der Waals surface area contributed by atoms with Crippen LogP contribution in [0.2, 0.25) is 0 Å². The average Bonchev–Trinajstić information content (AvgIpc) is 2.37. The summed E-state index contributed by atoms with van der Waals surface area (Å²) in [6.07, 6.45) is 1.38. The maximum absolute atomic E-state index is 12.7. The van der Waals surface area contributed by atoms with Crippen LogP contribution in [0.4, 0.5) is 4.39 Å². The summed E-state index contributed by atoms with van der Waals surface area (Å²) in [7, 11) is 0. The third kappa shape index (κ3) is 6.56. The van der Waals surface area contributed by atoms with Gasteiger partial charge in [-0.3, -0.25) is 9.59 Å². The third-order valence-corrected chi connectivity index (χ3v) is 3.62. The number of amides is 1. The Morgan fingerprint density at radius 2 is 2.00 bits per heavy atom. The van der Waals surface area contributed by atoms with E-state index in [4.69, 9.17) is 5.11 Å². The van der Waals surface area contributed by atoms with E-state index < -0.39 is 5.97 Å². The first-order valence-corrected chi connectivity index (χ1v) is 7.39. The van der Waals surface area contributed by atoms with Gasteiger partial charge in [-0.25, -0.2) is 4.39 Å². The van der Waals surface area contributed by atoms with Crippen molar-refractivity contribution in [3.05, 3.63) is 30.1 Å². The number of carboxylic acids is 1. The molecule has 0 saturated heterocycles. The third-order valence-electron chi connectivity index (χ3n) is 2.61. The number of halogens is 1. The number of nitrogens with one attached hydrogen (secondary N) is 1. The maximum atomic E-state index is 12.7. The molecule has 2 N–H and O–H groups in total. The molecule has 0 heterocycles. The van der Waals surface area contributed by atoms with Crippen molar-refractivity contribution in [1.82, 2.24) is 5.32 Å². The number of hydrogen-bond acceptors (Lipinski definition) is 3. The molecule has 0 spiro atoms. The lowest BCUT2D eigenvalue weighted by atomic mass is 10.1. The van der Waals surface area contributed by atoms with E-state index in [1.807, 2.05) is 6.92 Å². The summed E-state index contributed by atoms with van der Waals surface area (Å²) >= 11 is 1.29. The molecule has 1 rings (SSSR count). The molecular formula is C14H18FNO3S. The Bertz CT molecular complexity index is 450. The van der Waals surface area contributed by atoms with Crippen molar-refractivity contribution in [1.29, 1.82) is 0 Å². The van der Waals surface area contributed by atoms with Gasteiger partial charge in [-0.2, -0.15) is 0 Å². The summed E-state index contributed by atoms with van der Waals surface area (Å²) in [5, 5.41) is 11.5. The molecule has 0 aromatic heterocycles. The number of rotatable bonds is 8. The van der Waals surface area contributed by atoms with Gasteiger partial charge in [0.1, 0.15) is 5.82 Å². The van der Waals surface area contributed by atoms with Gasteiger partial charge in [-0.15, -0.1) is 11.8 Å². The molecule has 0 aliphatic carbocycles. The smallest absolute Gasteiger partial charge is 0.305 e. The van der Waals surface area contributed by atoms with Crippen LogP contribution < -0.4 is 5.32 Å². The Morgan fingerprint density at radius 3 is 2.55 bits per heavy atom. The summed E-state index contributed by atoms with van der Waals surface area (Å²) in [6, 6.07) is 5.55. The molecule has 1 unspecified atom stereocenters. The molecule has 1 amide bonds. The van der Waals surface area contributed by atoms with Crippen LogP contribution >= 0.6 is 11.8 Å². The second kappa shape index (κ2) is 8.58. The minimum absolute atomic E-state index is 0.0687. The monoisotopic (exact) mass is 299 g/mol. The van der Waals surface area contributed by atoms with E-state index in [9.17, 15) is 14.0 Å². The zero-order valence-electron chi connectivity index (χ0n) is 11.3. The molecule has 0 aliphatic heterocycles. The fourth-order valence-corrected chi connectivity index (χ4v) is 2.44. The van der Waals surface area contributed by atoms with E-state index in [1.165, 1.54) is 23.9 Å². The van der Waals surface area contributed by atoms with Crippen molar-refractivity contribution in [3.63, 3.8) is 0 Å². The van der Waals surface area contributed by atoms with Crippen LogP contribution in [0.1, 0.15) is 26.2 Å². The zero-order valence-corrected chi connectivity index (χ0v) is 12.1. The zero-order chi connectivity index (χ0) is 15.0. The Labute approximate surface area is 121 Å². The molecule has 0 aliphatic rings. The van der Waals surface area contributed by atoms with Crippen LogP contribution in [0, 0.1) is 5.82 Å². The topological polar surface area (TPSA) is 66.4 Å². The Balaban J connectivity index is 2.41. The normalized spacial score (nSPS) is 11.9. The summed E-state index contributed by atoms with van der Waals surface area (Å²) in [4.78, 5) is 23.2. The van der Waals surface area contributed by atoms with Gasteiger partial charge in [0.25, 0.3) is 0 Å². The summed E-state index contributed by atoms with van der Waals surface area (Å²) in [5.41, 5.74) is 0. The highest BCUT2D eigenvalue weighted by molar-refractivity contribution is 8.00. The minimum atomic E-state index is -0.921. The average molecular weight is 299 g/mol. The summed E-state index contributed by atoms with van der Waals surface area (Å²) in [6.45, 7) is 1.94. The highest BCUT2D eigenvalue weighted by Crippen LogP contribution is 2.17. The van der Waals surface area contributed by atoms with Crippen molar-refractivity contribution >= 4 is 23.6 Å². The van der Waals surface area contributed by atoms with Crippen molar-refractivity contribution in [2.45, 2.75) is 37.1 Å². The fourth-order valence-electron chi connectivity index (χ4n) is 1.73. The first-order chi connectivity index (χ1) is 9.51. The highest BCUT2D eigenvalue weighted by atomic mass is 32.2. The molecule has 4 nitrogen and oxygen atoms in total. The molecule has 0 saturated carbocycles. The van der Waals surface area contributed by atoms with Crippen LogP contribution in [0.15, 0.2) is 29.2 Å². The van der Waals surface area contributed by atoms with E-state index >= 15 is 0 Å². The van der Waals surface area contributed by atoms with Crippen LogP contribution in [0.5, 0.6) is 0 Å². The van der Waals surface area contributed by atoms with Crippen molar-refractivity contribution in [3.8, 4) is 0 Å². The van der Waals surface area contributed by atoms with E-state index in [-0.39, 0.29) is 29.9 Å². The number of benzene rings is 1. The molecule has 1 aromatic carbocycles. The van der Waals surface area contributed by atoms with E-state index in [2.05, 4.69) is 5.32 Å². The fraction of sp³-hybridized carbons (Fsp3) is 0.429. The van der Waals surface area contributed by atoms with Gasteiger partial charge in [-0.1, -0.05) is 13.3 Å². The minimum Gasteiger partial charge on any atom is -0.481 e. The van der Waals surface area contributed by atoms with Gasteiger partial charge in [-0.05, 0) is 30.7 Å². The van der Waals surface area contributed by atoms with Gasteiger partial charge in [0.15, 0.2) is 0 Å². The molecule has 6 heteroatoms. The highest BCUT2D eigenvalue weighted by Gasteiger charge is 2.15.